The molecular weight excluding hydrogens is 182 g/mol. The molecule has 0 aromatic heterocycles. The Kier molecular flexibility index (Phi) is 3.50. The highest BCUT2D eigenvalue weighted by atomic mass is 16.5. The molecule has 0 saturated carbocycles. The van der Waals surface area contributed by atoms with E-state index in [4.69, 9.17) is 9.84 Å². The third-order valence-electron chi connectivity index (χ3n) is 2.94. The van der Waals surface area contributed by atoms with E-state index >= 15 is 0 Å². The van der Waals surface area contributed by atoms with Crippen LogP contribution in [0.3, 0.4) is 0 Å². The van der Waals surface area contributed by atoms with Gasteiger partial charge in [0.05, 0.1) is 12.5 Å². The standard InChI is InChI=1S/C10H19NO3/c1-7(6-9(12)13)11-10(3)4-5-14-8(10)2/h7-8,11H,4-6H2,1-3H3,(H,12,13). The minimum atomic E-state index is -0.764. The summed E-state index contributed by atoms with van der Waals surface area (Å²) >= 11 is 0. The van der Waals surface area contributed by atoms with Crippen LogP contribution in [-0.4, -0.2) is 35.4 Å². The lowest BCUT2D eigenvalue weighted by atomic mass is 9.93. The van der Waals surface area contributed by atoms with Crippen LogP contribution in [0, 0.1) is 0 Å². The lowest BCUT2D eigenvalue weighted by molar-refractivity contribution is -0.137. The summed E-state index contributed by atoms with van der Waals surface area (Å²) < 4.78 is 5.46. The van der Waals surface area contributed by atoms with Gasteiger partial charge in [0, 0.05) is 18.2 Å². The van der Waals surface area contributed by atoms with E-state index in [1.807, 2.05) is 13.8 Å². The summed E-state index contributed by atoms with van der Waals surface area (Å²) in [7, 11) is 0. The van der Waals surface area contributed by atoms with Gasteiger partial charge >= 0.3 is 5.97 Å². The van der Waals surface area contributed by atoms with Crippen LogP contribution >= 0.6 is 0 Å². The van der Waals surface area contributed by atoms with E-state index in [2.05, 4.69) is 12.2 Å². The van der Waals surface area contributed by atoms with Crippen LogP contribution in [0.15, 0.2) is 0 Å². The van der Waals surface area contributed by atoms with Crippen molar-refractivity contribution in [1.29, 1.82) is 0 Å². The van der Waals surface area contributed by atoms with Crippen molar-refractivity contribution >= 4 is 5.97 Å². The maximum Gasteiger partial charge on any atom is 0.304 e. The van der Waals surface area contributed by atoms with Gasteiger partial charge in [0.2, 0.25) is 0 Å². The quantitative estimate of drug-likeness (QED) is 0.712. The Labute approximate surface area is 84.6 Å². The van der Waals surface area contributed by atoms with Gasteiger partial charge in [-0.25, -0.2) is 0 Å². The van der Waals surface area contributed by atoms with Crippen LogP contribution in [0.4, 0.5) is 0 Å². The molecular formula is C10H19NO3. The molecule has 1 fully saturated rings. The first kappa shape index (κ1) is 11.5. The Morgan fingerprint density at radius 3 is 2.86 bits per heavy atom. The van der Waals surface area contributed by atoms with Gasteiger partial charge in [0.15, 0.2) is 0 Å². The van der Waals surface area contributed by atoms with Gasteiger partial charge in [0.25, 0.3) is 0 Å². The molecule has 3 atom stereocenters. The SMILES string of the molecule is CC(CC(=O)O)NC1(C)CCOC1C. The smallest absolute Gasteiger partial charge is 0.304 e. The number of carboxylic acids is 1. The molecule has 0 amide bonds. The van der Waals surface area contributed by atoms with E-state index < -0.39 is 5.97 Å². The largest absolute Gasteiger partial charge is 0.481 e. The van der Waals surface area contributed by atoms with Gasteiger partial charge in [0.1, 0.15) is 0 Å². The van der Waals surface area contributed by atoms with Gasteiger partial charge in [-0.2, -0.15) is 0 Å². The molecule has 0 radical (unpaired) electrons. The number of aliphatic carboxylic acids is 1. The van der Waals surface area contributed by atoms with Crippen LogP contribution < -0.4 is 5.32 Å². The second-order valence-electron chi connectivity index (χ2n) is 4.32. The summed E-state index contributed by atoms with van der Waals surface area (Å²) in [5.74, 6) is -0.764. The van der Waals surface area contributed by atoms with E-state index in [1.165, 1.54) is 0 Å². The van der Waals surface area contributed by atoms with Gasteiger partial charge in [-0.3, -0.25) is 4.79 Å². The predicted octanol–water partition coefficient (Wildman–Crippen LogP) is 1.01. The topological polar surface area (TPSA) is 58.6 Å². The van der Waals surface area contributed by atoms with Gasteiger partial charge in [-0.15, -0.1) is 0 Å². The van der Waals surface area contributed by atoms with E-state index in [-0.39, 0.29) is 24.1 Å². The van der Waals surface area contributed by atoms with Gasteiger partial charge in [-0.1, -0.05) is 0 Å². The van der Waals surface area contributed by atoms with E-state index in [0.717, 1.165) is 13.0 Å². The average molecular weight is 201 g/mol. The first-order valence-electron chi connectivity index (χ1n) is 5.05. The maximum absolute atomic E-state index is 10.5. The molecule has 14 heavy (non-hydrogen) atoms. The number of hydrogen-bond acceptors (Lipinski definition) is 3. The minimum Gasteiger partial charge on any atom is -0.481 e. The summed E-state index contributed by atoms with van der Waals surface area (Å²) in [6.07, 6.45) is 1.25. The third kappa shape index (κ3) is 2.69. The van der Waals surface area contributed by atoms with Crippen molar-refractivity contribution in [3.63, 3.8) is 0 Å². The number of hydrogen-bond donors (Lipinski definition) is 2. The monoisotopic (exact) mass is 201 g/mol. The first-order chi connectivity index (χ1) is 6.44. The second-order valence-corrected chi connectivity index (χ2v) is 4.32. The zero-order chi connectivity index (χ0) is 10.8. The van der Waals surface area contributed by atoms with Crippen molar-refractivity contribution in [2.75, 3.05) is 6.61 Å². The Morgan fingerprint density at radius 1 is 1.79 bits per heavy atom. The Morgan fingerprint density at radius 2 is 2.43 bits per heavy atom. The summed E-state index contributed by atoms with van der Waals surface area (Å²) in [5.41, 5.74) is -0.0745. The molecule has 0 bridgehead atoms. The third-order valence-corrected chi connectivity index (χ3v) is 2.94. The predicted molar refractivity (Wildman–Crippen MR) is 53.3 cm³/mol. The van der Waals surface area contributed by atoms with Crippen LogP contribution in [0.5, 0.6) is 0 Å². The summed E-state index contributed by atoms with van der Waals surface area (Å²) in [6.45, 7) is 6.76. The zero-order valence-corrected chi connectivity index (χ0v) is 9.04. The number of carboxylic acid groups (broad SMARTS) is 1. The van der Waals surface area contributed by atoms with E-state index in [1.54, 1.807) is 0 Å². The van der Waals surface area contributed by atoms with Crippen molar-refractivity contribution in [3.8, 4) is 0 Å². The normalized spacial score (nSPS) is 34.4. The highest BCUT2D eigenvalue weighted by Gasteiger charge is 2.37. The molecule has 82 valence electrons. The molecule has 2 N–H and O–H groups in total. The lowest BCUT2D eigenvalue weighted by Gasteiger charge is -2.32. The molecule has 4 heteroatoms. The van der Waals surface area contributed by atoms with Crippen LogP contribution in [0.25, 0.3) is 0 Å². The molecule has 1 aliphatic rings. The van der Waals surface area contributed by atoms with Crippen molar-refractivity contribution in [2.45, 2.75) is 51.3 Å². The fourth-order valence-electron chi connectivity index (χ4n) is 1.90. The summed E-state index contributed by atoms with van der Waals surface area (Å²) in [4.78, 5) is 10.5. The molecule has 0 spiro atoms. The van der Waals surface area contributed by atoms with Crippen molar-refractivity contribution in [3.05, 3.63) is 0 Å². The summed E-state index contributed by atoms with van der Waals surface area (Å²) in [5, 5.41) is 12.0. The van der Waals surface area contributed by atoms with Crippen molar-refractivity contribution < 1.29 is 14.6 Å². The zero-order valence-electron chi connectivity index (χ0n) is 9.04. The first-order valence-corrected chi connectivity index (χ1v) is 5.05. The van der Waals surface area contributed by atoms with Gasteiger partial charge in [-0.05, 0) is 27.2 Å². The van der Waals surface area contributed by atoms with Crippen LogP contribution in [-0.2, 0) is 9.53 Å². The molecule has 0 aromatic rings. The van der Waals surface area contributed by atoms with Crippen LogP contribution in [0.1, 0.15) is 33.6 Å². The molecule has 1 heterocycles. The fourth-order valence-corrected chi connectivity index (χ4v) is 1.90. The highest BCUT2D eigenvalue weighted by molar-refractivity contribution is 5.67. The van der Waals surface area contributed by atoms with E-state index in [9.17, 15) is 4.79 Å². The second kappa shape index (κ2) is 4.28. The number of rotatable bonds is 4. The Hall–Kier alpha value is -0.610. The lowest BCUT2D eigenvalue weighted by Crippen LogP contribution is -2.52. The summed E-state index contributed by atoms with van der Waals surface area (Å²) in [6, 6.07) is -0.0124. The molecule has 1 rings (SSSR count). The van der Waals surface area contributed by atoms with Crippen molar-refractivity contribution in [1.82, 2.24) is 5.32 Å². The highest BCUT2D eigenvalue weighted by Crippen LogP contribution is 2.25. The average Bonchev–Trinajstić information content (AvgIpc) is 2.29. The molecule has 0 aliphatic carbocycles. The number of nitrogens with one attached hydrogen (secondary N) is 1. The van der Waals surface area contributed by atoms with Crippen LogP contribution in [0.2, 0.25) is 0 Å². The molecule has 0 aromatic carbocycles. The Bertz CT molecular complexity index is 219. The number of ether oxygens (including phenoxy) is 1. The van der Waals surface area contributed by atoms with Gasteiger partial charge < -0.3 is 15.2 Å². The number of carbonyl (C=O) groups is 1. The fraction of sp³-hybridized carbons (Fsp3) is 0.900. The Balaban J connectivity index is 2.45. The minimum absolute atomic E-state index is 0.0124. The molecule has 4 nitrogen and oxygen atoms in total. The molecule has 1 aliphatic heterocycles. The molecule has 3 unspecified atom stereocenters. The van der Waals surface area contributed by atoms with E-state index in [0.29, 0.717) is 0 Å². The van der Waals surface area contributed by atoms with Crippen molar-refractivity contribution in [2.24, 2.45) is 0 Å². The maximum atomic E-state index is 10.5. The molecule has 1 saturated heterocycles.